The van der Waals surface area contributed by atoms with Gasteiger partial charge in [0.05, 0.1) is 16.4 Å². The summed E-state index contributed by atoms with van der Waals surface area (Å²) >= 11 is 1.21. The molecule has 0 aliphatic carbocycles. The fourth-order valence-corrected chi connectivity index (χ4v) is 2.54. The van der Waals surface area contributed by atoms with Gasteiger partial charge in [-0.3, -0.25) is 14.9 Å². The molecule has 0 aliphatic heterocycles. The Kier molecular flexibility index (Phi) is 5.10. The summed E-state index contributed by atoms with van der Waals surface area (Å²) in [6, 6.07) is 2.98. The van der Waals surface area contributed by atoms with Gasteiger partial charge in [-0.2, -0.15) is 0 Å². The van der Waals surface area contributed by atoms with Crippen molar-refractivity contribution in [1.29, 1.82) is 0 Å². The number of amides is 1. The fraction of sp³-hybridized carbons (Fsp3) is 0.231. The monoisotopic (exact) mass is 324 g/mol. The molecule has 9 heteroatoms. The number of benzene rings is 1. The molecule has 1 aromatic heterocycles. The highest BCUT2D eigenvalue weighted by atomic mass is 32.2. The number of thioether (sulfide) groups is 1. The highest BCUT2D eigenvalue weighted by molar-refractivity contribution is 7.99. The Hall–Kier alpha value is -2.42. The first-order valence-electron chi connectivity index (χ1n) is 6.39. The Morgan fingerprint density at radius 2 is 2.32 bits per heavy atom. The van der Waals surface area contributed by atoms with Crippen molar-refractivity contribution in [2.24, 2.45) is 0 Å². The number of imidazole rings is 1. The molecule has 22 heavy (non-hydrogen) atoms. The van der Waals surface area contributed by atoms with Gasteiger partial charge in [-0.25, -0.2) is 9.37 Å². The van der Waals surface area contributed by atoms with Crippen LogP contribution in [0.1, 0.15) is 6.92 Å². The van der Waals surface area contributed by atoms with Gasteiger partial charge in [-0.15, -0.1) is 0 Å². The van der Waals surface area contributed by atoms with Gasteiger partial charge in [-0.05, 0) is 13.0 Å². The third kappa shape index (κ3) is 3.82. The van der Waals surface area contributed by atoms with Crippen molar-refractivity contribution in [2.45, 2.75) is 18.6 Å². The second-order valence-corrected chi connectivity index (χ2v) is 5.20. The topological polar surface area (TPSA) is 90.1 Å². The third-order valence-corrected chi connectivity index (χ3v) is 3.79. The Labute approximate surface area is 129 Å². The number of rotatable bonds is 6. The summed E-state index contributed by atoms with van der Waals surface area (Å²) < 4.78 is 15.4. The smallest absolute Gasteiger partial charge is 0.271 e. The zero-order valence-electron chi connectivity index (χ0n) is 11.7. The lowest BCUT2D eigenvalue weighted by atomic mass is 10.2. The molecule has 0 bridgehead atoms. The molecule has 1 heterocycles. The van der Waals surface area contributed by atoms with Gasteiger partial charge in [-0.1, -0.05) is 11.8 Å². The predicted molar refractivity (Wildman–Crippen MR) is 80.3 cm³/mol. The highest BCUT2D eigenvalue weighted by Gasteiger charge is 2.14. The molecule has 0 fully saturated rings. The van der Waals surface area contributed by atoms with Gasteiger partial charge in [0.25, 0.3) is 5.69 Å². The minimum absolute atomic E-state index is 0.0269. The van der Waals surface area contributed by atoms with Gasteiger partial charge in [0, 0.05) is 31.1 Å². The van der Waals surface area contributed by atoms with Crippen LogP contribution in [0.2, 0.25) is 0 Å². The van der Waals surface area contributed by atoms with Crippen molar-refractivity contribution in [3.63, 3.8) is 0 Å². The molecule has 0 spiro atoms. The Bertz CT molecular complexity index is 704. The number of nitrogens with zero attached hydrogens (tertiary/aromatic N) is 3. The van der Waals surface area contributed by atoms with Crippen molar-refractivity contribution < 1.29 is 14.1 Å². The molecule has 1 N–H and O–H groups in total. The van der Waals surface area contributed by atoms with E-state index in [4.69, 9.17) is 0 Å². The van der Waals surface area contributed by atoms with Gasteiger partial charge in [0.2, 0.25) is 5.91 Å². The fourth-order valence-electron chi connectivity index (χ4n) is 1.72. The number of nitrogens with one attached hydrogen (secondary N) is 1. The molecule has 0 saturated heterocycles. The van der Waals surface area contributed by atoms with Crippen molar-refractivity contribution >= 4 is 29.0 Å². The largest absolute Gasteiger partial charge is 0.326 e. The molecule has 0 unspecified atom stereocenters. The zero-order valence-corrected chi connectivity index (χ0v) is 12.5. The van der Waals surface area contributed by atoms with Crippen LogP contribution in [0.25, 0.3) is 0 Å². The lowest BCUT2D eigenvalue weighted by Gasteiger charge is -2.07. The number of nitro benzene ring substituents is 1. The maximum absolute atomic E-state index is 13.6. The second kappa shape index (κ2) is 7.03. The summed E-state index contributed by atoms with van der Waals surface area (Å²) in [6.07, 6.45) is 3.42. The van der Waals surface area contributed by atoms with Crippen LogP contribution in [0, 0.1) is 15.9 Å². The quantitative estimate of drug-likeness (QED) is 0.501. The molecular formula is C13H13FN4O3S. The summed E-state index contributed by atoms with van der Waals surface area (Å²) in [4.78, 5) is 25.9. The first kappa shape index (κ1) is 16.0. The molecule has 1 aromatic carbocycles. The summed E-state index contributed by atoms with van der Waals surface area (Å²) in [5.41, 5.74) is -0.496. The number of carbonyl (C=O) groups is 1. The van der Waals surface area contributed by atoms with Crippen LogP contribution in [0.15, 0.2) is 35.7 Å². The van der Waals surface area contributed by atoms with Crippen molar-refractivity contribution in [1.82, 2.24) is 9.55 Å². The van der Waals surface area contributed by atoms with Crippen LogP contribution in [0.3, 0.4) is 0 Å². The first-order chi connectivity index (χ1) is 10.5. The average Bonchev–Trinajstić information content (AvgIpc) is 2.94. The van der Waals surface area contributed by atoms with E-state index in [1.165, 1.54) is 11.8 Å². The average molecular weight is 324 g/mol. The number of hydrogen-bond donors (Lipinski definition) is 1. The van der Waals surface area contributed by atoms with E-state index in [0.717, 1.165) is 24.7 Å². The Balaban J connectivity index is 2.00. The maximum Gasteiger partial charge on any atom is 0.271 e. The Morgan fingerprint density at radius 3 is 3.00 bits per heavy atom. The molecule has 116 valence electrons. The van der Waals surface area contributed by atoms with Crippen molar-refractivity contribution in [3.05, 3.63) is 46.5 Å². The molecule has 0 aliphatic rings. The van der Waals surface area contributed by atoms with Crippen LogP contribution in [-0.4, -0.2) is 26.1 Å². The van der Waals surface area contributed by atoms with E-state index < -0.39 is 16.6 Å². The van der Waals surface area contributed by atoms with E-state index in [9.17, 15) is 19.3 Å². The SMILES string of the molecule is CCn1ccnc1SCC(=O)Nc1cc([N+](=O)[O-])ccc1F. The van der Waals surface area contributed by atoms with Crippen LogP contribution < -0.4 is 5.32 Å². The van der Waals surface area contributed by atoms with Crippen LogP contribution in [-0.2, 0) is 11.3 Å². The van der Waals surface area contributed by atoms with Crippen molar-refractivity contribution in [2.75, 3.05) is 11.1 Å². The molecule has 0 radical (unpaired) electrons. The van der Waals surface area contributed by atoms with Gasteiger partial charge >= 0.3 is 0 Å². The number of non-ortho nitro benzene ring substituents is 1. The number of aryl methyl sites for hydroxylation is 1. The van der Waals surface area contributed by atoms with Crippen LogP contribution in [0.4, 0.5) is 15.8 Å². The molecular weight excluding hydrogens is 311 g/mol. The molecule has 2 rings (SSSR count). The highest BCUT2D eigenvalue weighted by Crippen LogP contribution is 2.22. The summed E-state index contributed by atoms with van der Waals surface area (Å²) in [7, 11) is 0. The zero-order chi connectivity index (χ0) is 16.1. The van der Waals surface area contributed by atoms with E-state index in [2.05, 4.69) is 10.3 Å². The Morgan fingerprint density at radius 1 is 1.55 bits per heavy atom. The van der Waals surface area contributed by atoms with E-state index in [-0.39, 0.29) is 17.1 Å². The summed E-state index contributed by atoms with van der Waals surface area (Å²) in [5.74, 6) is -1.16. The molecule has 0 saturated carbocycles. The van der Waals surface area contributed by atoms with Crippen LogP contribution >= 0.6 is 11.8 Å². The van der Waals surface area contributed by atoms with Gasteiger partial charge in [0.1, 0.15) is 5.82 Å². The predicted octanol–water partition coefficient (Wildman–Crippen LogP) is 2.68. The van der Waals surface area contributed by atoms with Crippen molar-refractivity contribution in [3.8, 4) is 0 Å². The summed E-state index contributed by atoms with van der Waals surface area (Å²) in [5, 5.41) is 13.7. The number of nitro groups is 1. The number of anilines is 1. The van der Waals surface area contributed by atoms with Gasteiger partial charge in [0.15, 0.2) is 5.16 Å². The molecule has 7 nitrogen and oxygen atoms in total. The molecule has 2 aromatic rings. The van der Waals surface area contributed by atoms with E-state index in [0.29, 0.717) is 5.16 Å². The van der Waals surface area contributed by atoms with E-state index in [1.54, 1.807) is 12.4 Å². The standard InChI is InChI=1S/C13H13FN4O3S/c1-2-17-6-5-15-13(17)22-8-12(19)16-11-7-9(18(20)21)3-4-10(11)14/h3-7H,2,8H2,1H3,(H,16,19). The normalized spacial score (nSPS) is 10.5. The number of aromatic nitrogens is 2. The minimum Gasteiger partial charge on any atom is -0.326 e. The number of carbonyl (C=O) groups excluding carboxylic acids is 1. The van der Waals surface area contributed by atoms with Gasteiger partial charge < -0.3 is 9.88 Å². The maximum atomic E-state index is 13.6. The minimum atomic E-state index is -0.723. The van der Waals surface area contributed by atoms with Crippen LogP contribution in [0.5, 0.6) is 0 Å². The molecule has 1 amide bonds. The third-order valence-electron chi connectivity index (χ3n) is 2.79. The second-order valence-electron chi connectivity index (χ2n) is 4.25. The van der Waals surface area contributed by atoms with E-state index in [1.807, 2.05) is 11.5 Å². The number of hydrogen-bond acceptors (Lipinski definition) is 5. The number of halogens is 1. The summed E-state index contributed by atoms with van der Waals surface area (Å²) in [6.45, 7) is 2.67. The van der Waals surface area contributed by atoms with E-state index >= 15 is 0 Å². The lowest BCUT2D eigenvalue weighted by Crippen LogP contribution is -2.15. The molecule has 0 atom stereocenters. The first-order valence-corrected chi connectivity index (χ1v) is 7.37. The lowest BCUT2D eigenvalue weighted by molar-refractivity contribution is -0.384.